The predicted molar refractivity (Wildman–Crippen MR) is 69.8 cm³/mol. The zero-order valence-corrected chi connectivity index (χ0v) is 10.5. The van der Waals surface area contributed by atoms with Gasteiger partial charge in [0.1, 0.15) is 0 Å². The molecule has 0 aliphatic rings. The zero-order chi connectivity index (χ0) is 13.3. The van der Waals surface area contributed by atoms with Crippen molar-refractivity contribution in [1.29, 1.82) is 0 Å². The Hall–Kier alpha value is -1.85. The van der Waals surface area contributed by atoms with Crippen LogP contribution in [0.3, 0.4) is 0 Å². The molecular formula is C13H17N3O2. The summed E-state index contributed by atoms with van der Waals surface area (Å²) >= 11 is 0. The van der Waals surface area contributed by atoms with E-state index in [1.165, 1.54) is 4.57 Å². The largest absolute Gasteiger partial charge is 0.394 e. The number of aromatic nitrogens is 2. The number of nitrogens with zero attached hydrogens (tertiary/aromatic N) is 2. The lowest BCUT2D eigenvalue weighted by Crippen LogP contribution is -2.22. The van der Waals surface area contributed by atoms with Crippen LogP contribution in [0.15, 0.2) is 35.3 Å². The van der Waals surface area contributed by atoms with Gasteiger partial charge in [-0.3, -0.25) is 4.57 Å². The molecule has 0 spiro atoms. The average molecular weight is 247 g/mol. The number of aryl methyl sites for hydroxylation is 2. The fourth-order valence-corrected chi connectivity index (χ4v) is 2.02. The highest BCUT2D eigenvalue weighted by Crippen LogP contribution is 2.15. The lowest BCUT2D eigenvalue weighted by molar-refractivity contribution is 0.268. The van der Waals surface area contributed by atoms with Crippen molar-refractivity contribution in [2.75, 3.05) is 6.61 Å². The molecule has 1 unspecified atom stereocenters. The summed E-state index contributed by atoms with van der Waals surface area (Å²) in [7, 11) is 1.72. The Balaban J connectivity index is 2.55. The molecule has 3 N–H and O–H groups in total. The third-order valence-electron chi connectivity index (χ3n) is 2.98. The molecule has 0 bridgehead atoms. The maximum Gasteiger partial charge on any atom is 0.332 e. The summed E-state index contributed by atoms with van der Waals surface area (Å²) in [5.74, 6) is 0. The summed E-state index contributed by atoms with van der Waals surface area (Å²) in [6.07, 6.45) is 1.78. The van der Waals surface area contributed by atoms with E-state index in [0.29, 0.717) is 0 Å². The fourth-order valence-electron chi connectivity index (χ4n) is 2.02. The molecule has 0 amide bonds. The molecule has 1 aromatic heterocycles. The predicted octanol–water partition coefficient (Wildman–Crippen LogP) is 0.477. The average Bonchev–Trinajstić information content (AvgIpc) is 2.62. The molecule has 0 saturated carbocycles. The number of aliphatic hydroxyl groups is 1. The standard InChI is InChI=1S/C13H17N3O2/c1-9-7-15(2)13(18)16(9)11-5-3-4-10(6-11)12(14)8-17/h3-7,12,17H,8,14H2,1-2H3. The first-order chi connectivity index (χ1) is 8.54. The van der Waals surface area contributed by atoms with E-state index in [1.807, 2.05) is 31.2 Å². The van der Waals surface area contributed by atoms with E-state index in [9.17, 15) is 4.79 Å². The summed E-state index contributed by atoms with van der Waals surface area (Å²) in [6.45, 7) is 1.76. The molecule has 2 rings (SSSR count). The van der Waals surface area contributed by atoms with Crippen LogP contribution in [0.4, 0.5) is 0 Å². The second-order valence-corrected chi connectivity index (χ2v) is 4.38. The van der Waals surface area contributed by atoms with E-state index in [4.69, 9.17) is 10.8 Å². The van der Waals surface area contributed by atoms with Crippen LogP contribution in [0.2, 0.25) is 0 Å². The quantitative estimate of drug-likeness (QED) is 0.828. The lowest BCUT2D eigenvalue weighted by Gasteiger charge is -2.11. The van der Waals surface area contributed by atoms with Crippen molar-refractivity contribution < 1.29 is 5.11 Å². The number of hydrogen-bond acceptors (Lipinski definition) is 3. The van der Waals surface area contributed by atoms with Crippen LogP contribution in [0.5, 0.6) is 0 Å². The molecule has 1 heterocycles. The molecule has 18 heavy (non-hydrogen) atoms. The Bertz CT molecular complexity index is 613. The second-order valence-electron chi connectivity index (χ2n) is 4.38. The van der Waals surface area contributed by atoms with Crippen molar-refractivity contribution in [3.8, 4) is 5.69 Å². The Morgan fingerprint density at radius 3 is 2.72 bits per heavy atom. The number of nitrogens with two attached hydrogens (primary N) is 1. The minimum Gasteiger partial charge on any atom is -0.394 e. The maximum atomic E-state index is 12.0. The fraction of sp³-hybridized carbons (Fsp3) is 0.308. The van der Waals surface area contributed by atoms with Crippen LogP contribution in [-0.4, -0.2) is 20.8 Å². The van der Waals surface area contributed by atoms with Gasteiger partial charge in [0, 0.05) is 18.9 Å². The normalized spacial score (nSPS) is 12.7. The van der Waals surface area contributed by atoms with Crippen LogP contribution in [0.1, 0.15) is 17.3 Å². The van der Waals surface area contributed by atoms with Crippen molar-refractivity contribution in [3.63, 3.8) is 0 Å². The third kappa shape index (κ3) is 2.10. The van der Waals surface area contributed by atoms with Gasteiger partial charge in [0.25, 0.3) is 0 Å². The number of imidazole rings is 1. The van der Waals surface area contributed by atoms with E-state index < -0.39 is 6.04 Å². The highest BCUT2D eigenvalue weighted by atomic mass is 16.3. The van der Waals surface area contributed by atoms with Gasteiger partial charge in [0.2, 0.25) is 0 Å². The van der Waals surface area contributed by atoms with Crippen molar-refractivity contribution in [2.45, 2.75) is 13.0 Å². The number of aliphatic hydroxyl groups excluding tert-OH is 1. The molecular weight excluding hydrogens is 230 g/mol. The number of benzene rings is 1. The van der Waals surface area contributed by atoms with Crippen LogP contribution in [-0.2, 0) is 7.05 Å². The molecule has 1 aromatic carbocycles. The van der Waals surface area contributed by atoms with Crippen molar-refractivity contribution in [3.05, 3.63) is 52.2 Å². The van der Waals surface area contributed by atoms with E-state index in [0.717, 1.165) is 16.9 Å². The minimum absolute atomic E-state index is 0.0952. The summed E-state index contributed by atoms with van der Waals surface area (Å²) in [4.78, 5) is 12.0. The Morgan fingerprint density at radius 1 is 1.44 bits per heavy atom. The molecule has 5 nitrogen and oxygen atoms in total. The Morgan fingerprint density at radius 2 is 2.17 bits per heavy atom. The zero-order valence-electron chi connectivity index (χ0n) is 10.5. The van der Waals surface area contributed by atoms with Crippen molar-refractivity contribution in [2.24, 2.45) is 12.8 Å². The van der Waals surface area contributed by atoms with Gasteiger partial charge in [-0.15, -0.1) is 0 Å². The van der Waals surface area contributed by atoms with Gasteiger partial charge in [0.05, 0.1) is 18.3 Å². The second kappa shape index (κ2) is 4.80. The summed E-state index contributed by atoms with van der Waals surface area (Å²) in [5, 5.41) is 9.07. The van der Waals surface area contributed by atoms with Gasteiger partial charge in [0.15, 0.2) is 0 Å². The molecule has 0 radical (unpaired) electrons. The summed E-state index contributed by atoms with van der Waals surface area (Å²) in [6, 6.07) is 6.93. The van der Waals surface area contributed by atoms with Crippen LogP contribution in [0, 0.1) is 6.92 Å². The summed E-state index contributed by atoms with van der Waals surface area (Å²) < 4.78 is 3.15. The van der Waals surface area contributed by atoms with Crippen molar-refractivity contribution in [1.82, 2.24) is 9.13 Å². The first-order valence-electron chi connectivity index (χ1n) is 5.76. The van der Waals surface area contributed by atoms with E-state index in [1.54, 1.807) is 17.8 Å². The van der Waals surface area contributed by atoms with E-state index in [-0.39, 0.29) is 12.3 Å². The minimum atomic E-state index is -0.426. The first kappa shape index (κ1) is 12.6. The van der Waals surface area contributed by atoms with E-state index in [2.05, 4.69) is 0 Å². The van der Waals surface area contributed by atoms with Gasteiger partial charge in [-0.25, -0.2) is 4.79 Å². The molecule has 0 fully saturated rings. The van der Waals surface area contributed by atoms with Gasteiger partial charge in [-0.1, -0.05) is 12.1 Å². The van der Waals surface area contributed by atoms with Crippen molar-refractivity contribution >= 4 is 0 Å². The number of rotatable bonds is 3. The van der Waals surface area contributed by atoms with Gasteiger partial charge >= 0.3 is 5.69 Å². The molecule has 0 aliphatic heterocycles. The molecule has 0 aliphatic carbocycles. The van der Waals surface area contributed by atoms with E-state index >= 15 is 0 Å². The number of hydrogen-bond donors (Lipinski definition) is 2. The SMILES string of the molecule is Cc1cn(C)c(=O)n1-c1cccc(C(N)CO)c1. The van der Waals surface area contributed by atoms with Crippen LogP contribution in [0.25, 0.3) is 5.69 Å². The van der Waals surface area contributed by atoms with Gasteiger partial charge in [-0.05, 0) is 24.6 Å². The highest BCUT2D eigenvalue weighted by Gasteiger charge is 2.10. The third-order valence-corrected chi connectivity index (χ3v) is 2.98. The van der Waals surface area contributed by atoms with Gasteiger partial charge in [-0.2, -0.15) is 0 Å². The Labute approximate surface area is 105 Å². The first-order valence-corrected chi connectivity index (χ1v) is 5.76. The monoisotopic (exact) mass is 247 g/mol. The van der Waals surface area contributed by atoms with Crippen LogP contribution >= 0.6 is 0 Å². The molecule has 1 atom stereocenters. The topological polar surface area (TPSA) is 73.2 Å². The summed E-state index contributed by atoms with van der Waals surface area (Å²) in [5.41, 5.74) is 8.12. The molecule has 0 saturated heterocycles. The Kier molecular flexibility index (Phi) is 3.36. The smallest absolute Gasteiger partial charge is 0.332 e. The molecule has 5 heteroatoms. The lowest BCUT2D eigenvalue weighted by atomic mass is 10.1. The molecule has 96 valence electrons. The molecule has 2 aromatic rings. The maximum absolute atomic E-state index is 12.0. The van der Waals surface area contributed by atoms with Crippen LogP contribution < -0.4 is 11.4 Å². The highest BCUT2D eigenvalue weighted by molar-refractivity contribution is 5.38. The van der Waals surface area contributed by atoms with Gasteiger partial charge < -0.3 is 15.4 Å².